The lowest BCUT2D eigenvalue weighted by Gasteiger charge is -2.24. The Labute approximate surface area is 191 Å². The van der Waals surface area contributed by atoms with E-state index in [2.05, 4.69) is 32.6 Å². The van der Waals surface area contributed by atoms with Gasteiger partial charge in [-0.2, -0.15) is 0 Å². The van der Waals surface area contributed by atoms with Crippen molar-refractivity contribution in [2.45, 2.75) is 174 Å². The predicted octanol–water partition coefficient (Wildman–Crippen LogP) is 9.72. The van der Waals surface area contributed by atoms with Crippen molar-refractivity contribution < 1.29 is 0 Å². The van der Waals surface area contributed by atoms with Crippen molar-refractivity contribution in [1.29, 1.82) is 0 Å². The highest BCUT2D eigenvalue weighted by atomic mass is 14.7. The zero-order valence-corrected chi connectivity index (χ0v) is 21.3. The molecule has 0 saturated carbocycles. The fourth-order valence-corrected chi connectivity index (χ4v) is 4.37. The van der Waals surface area contributed by atoms with Gasteiger partial charge in [-0.05, 0) is 12.8 Å². The SMILES string of the molecule is CCC#CC(N)(CCCCCCCCCCCC)CCCCCCCCCCCC. The summed E-state index contributed by atoms with van der Waals surface area (Å²) in [6, 6.07) is 0. The van der Waals surface area contributed by atoms with Crippen molar-refractivity contribution in [1.82, 2.24) is 0 Å². The Kier molecular flexibility index (Phi) is 22.8. The van der Waals surface area contributed by atoms with E-state index in [9.17, 15) is 0 Å². The maximum Gasteiger partial charge on any atom is 0.0776 e. The average molecular weight is 420 g/mol. The highest BCUT2D eigenvalue weighted by Crippen LogP contribution is 2.21. The van der Waals surface area contributed by atoms with Gasteiger partial charge in [0.25, 0.3) is 0 Å². The summed E-state index contributed by atoms with van der Waals surface area (Å²) in [7, 11) is 0. The van der Waals surface area contributed by atoms with E-state index >= 15 is 0 Å². The lowest BCUT2D eigenvalue weighted by atomic mass is 9.87. The van der Waals surface area contributed by atoms with E-state index in [0.29, 0.717) is 0 Å². The van der Waals surface area contributed by atoms with Crippen molar-refractivity contribution in [3.63, 3.8) is 0 Å². The molecule has 0 heterocycles. The van der Waals surface area contributed by atoms with Crippen LogP contribution in [-0.4, -0.2) is 5.54 Å². The maximum absolute atomic E-state index is 6.73. The summed E-state index contributed by atoms with van der Waals surface area (Å²) in [5.74, 6) is 6.72. The Morgan fingerprint density at radius 3 is 1.07 bits per heavy atom. The first-order valence-electron chi connectivity index (χ1n) is 14.0. The minimum Gasteiger partial charge on any atom is -0.315 e. The fourth-order valence-electron chi connectivity index (χ4n) is 4.37. The van der Waals surface area contributed by atoms with Gasteiger partial charge in [-0.15, -0.1) is 5.92 Å². The maximum atomic E-state index is 6.73. The quantitative estimate of drug-likeness (QED) is 0.137. The van der Waals surface area contributed by atoms with Crippen molar-refractivity contribution in [3.8, 4) is 11.8 Å². The van der Waals surface area contributed by atoms with Gasteiger partial charge in [-0.3, -0.25) is 0 Å². The van der Waals surface area contributed by atoms with Crippen LogP contribution in [0.1, 0.15) is 168 Å². The van der Waals surface area contributed by atoms with Gasteiger partial charge in [0.2, 0.25) is 0 Å². The van der Waals surface area contributed by atoms with Gasteiger partial charge in [-0.1, -0.05) is 155 Å². The van der Waals surface area contributed by atoms with Crippen molar-refractivity contribution in [2.75, 3.05) is 0 Å². The molecule has 0 unspecified atom stereocenters. The van der Waals surface area contributed by atoms with E-state index in [-0.39, 0.29) is 5.54 Å². The molecule has 0 aromatic heterocycles. The van der Waals surface area contributed by atoms with E-state index < -0.39 is 0 Å². The molecule has 1 nitrogen and oxygen atoms in total. The summed E-state index contributed by atoms with van der Waals surface area (Å²) in [5.41, 5.74) is 6.50. The molecular weight excluding hydrogens is 362 g/mol. The van der Waals surface area contributed by atoms with Gasteiger partial charge < -0.3 is 5.73 Å². The molecule has 178 valence electrons. The third-order valence-electron chi connectivity index (χ3n) is 6.47. The summed E-state index contributed by atoms with van der Waals surface area (Å²) >= 11 is 0. The second kappa shape index (κ2) is 23.2. The molecule has 0 aliphatic heterocycles. The third-order valence-corrected chi connectivity index (χ3v) is 6.47. The molecule has 0 rings (SSSR count). The van der Waals surface area contributed by atoms with E-state index in [1.54, 1.807) is 0 Å². The number of nitrogens with two attached hydrogens (primary N) is 1. The van der Waals surface area contributed by atoms with Crippen LogP contribution in [-0.2, 0) is 0 Å². The lowest BCUT2D eigenvalue weighted by molar-refractivity contribution is 0.413. The Balaban J connectivity index is 3.78. The van der Waals surface area contributed by atoms with Gasteiger partial charge in [0.15, 0.2) is 0 Å². The molecule has 0 aromatic rings. The average Bonchev–Trinajstić information content (AvgIpc) is 2.75. The summed E-state index contributed by atoms with van der Waals surface area (Å²) in [6.45, 7) is 6.71. The van der Waals surface area contributed by atoms with Crippen LogP contribution >= 0.6 is 0 Å². The number of hydrogen-bond acceptors (Lipinski definition) is 1. The van der Waals surface area contributed by atoms with Crippen LogP contribution in [0.15, 0.2) is 0 Å². The molecule has 0 spiro atoms. The molecule has 0 atom stereocenters. The molecule has 0 radical (unpaired) electrons. The number of hydrogen-bond donors (Lipinski definition) is 1. The molecule has 0 aliphatic carbocycles. The van der Waals surface area contributed by atoms with Crippen LogP contribution in [0.4, 0.5) is 0 Å². The molecule has 0 amide bonds. The molecule has 0 saturated heterocycles. The topological polar surface area (TPSA) is 26.0 Å². The third kappa shape index (κ3) is 20.8. The Morgan fingerprint density at radius 1 is 0.467 bits per heavy atom. The minimum absolute atomic E-state index is 0.226. The van der Waals surface area contributed by atoms with E-state index in [1.807, 2.05) is 0 Å². The van der Waals surface area contributed by atoms with Crippen LogP contribution in [0.3, 0.4) is 0 Å². The molecule has 30 heavy (non-hydrogen) atoms. The van der Waals surface area contributed by atoms with Gasteiger partial charge in [-0.25, -0.2) is 0 Å². The normalized spacial score (nSPS) is 11.5. The highest BCUT2D eigenvalue weighted by Gasteiger charge is 2.21. The zero-order chi connectivity index (χ0) is 22.2. The molecule has 0 aromatic carbocycles. The standard InChI is InChI=1S/C29H57N/c1-4-7-10-12-14-16-18-20-22-24-27-29(30,26-9-6-3)28-25-23-21-19-17-15-13-11-8-5-2/h4-8,10-25,27-28,30H2,1-3H3. The fraction of sp³-hybridized carbons (Fsp3) is 0.931. The molecule has 2 N–H and O–H groups in total. The van der Waals surface area contributed by atoms with E-state index in [4.69, 9.17) is 5.73 Å². The Morgan fingerprint density at radius 2 is 0.767 bits per heavy atom. The van der Waals surface area contributed by atoms with Crippen molar-refractivity contribution >= 4 is 0 Å². The van der Waals surface area contributed by atoms with Crippen LogP contribution in [0.5, 0.6) is 0 Å². The largest absolute Gasteiger partial charge is 0.315 e. The molecule has 0 aliphatic rings. The first-order chi connectivity index (χ1) is 14.7. The van der Waals surface area contributed by atoms with Crippen LogP contribution in [0.25, 0.3) is 0 Å². The van der Waals surface area contributed by atoms with Crippen LogP contribution < -0.4 is 5.73 Å². The van der Waals surface area contributed by atoms with Gasteiger partial charge >= 0.3 is 0 Å². The smallest absolute Gasteiger partial charge is 0.0776 e. The van der Waals surface area contributed by atoms with Crippen LogP contribution in [0, 0.1) is 11.8 Å². The molecule has 1 heteroatoms. The summed E-state index contributed by atoms with van der Waals surface area (Å²) in [5, 5.41) is 0. The van der Waals surface area contributed by atoms with E-state index in [1.165, 1.54) is 128 Å². The van der Waals surface area contributed by atoms with Crippen molar-refractivity contribution in [3.05, 3.63) is 0 Å². The summed E-state index contributed by atoms with van der Waals surface area (Å²) < 4.78 is 0. The van der Waals surface area contributed by atoms with Gasteiger partial charge in [0.05, 0.1) is 5.54 Å². The molecule has 0 bridgehead atoms. The number of unbranched alkanes of at least 4 members (excludes halogenated alkanes) is 18. The monoisotopic (exact) mass is 419 g/mol. The summed E-state index contributed by atoms with van der Waals surface area (Å²) in [4.78, 5) is 0. The Bertz CT molecular complexity index is 365. The number of rotatable bonds is 22. The summed E-state index contributed by atoms with van der Waals surface area (Å²) in [6.07, 6.45) is 30.8. The Hall–Kier alpha value is -0.480. The highest BCUT2D eigenvalue weighted by molar-refractivity contribution is 5.16. The van der Waals surface area contributed by atoms with E-state index in [0.717, 1.165) is 19.3 Å². The van der Waals surface area contributed by atoms with Gasteiger partial charge in [0, 0.05) is 6.42 Å². The van der Waals surface area contributed by atoms with Crippen molar-refractivity contribution in [2.24, 2.45) is 5.73 Å². The first-order valence-corrected chi connectivity index (χ1v) is 14.0. The van der Waals surface area contributed by atoms with Gasteiger partial charge in [0.1, 0.15) is 0 Å². The van der Waals surface area contributed by atoms with Crippen LogP contribution in [0.2, 0.25) is 0 Å². The second-order valence-corrected chi connectivity index (χ2v) is 9.68. The molecular formula is C29H57N. The zero-order valence-electron chi connectivity index (χ0n) is 21.3. The lowest BCUT2D eigenvalue weighted by Crippen LogP contribution is -2.38. The predicted molar refractivity (Wildman–Crippen MR) is 138 cm³/mol. The second-order valence-electron chi connectivity index (χ2n) is 9.68. The first kappa shape index (κ1) is 29.5. The molecule has 0 fully saturated rings. The minimum atomic E-state index is -0.226.